The highest BCUT2D eigenvalue weighted by atomic mass is 15.1. The van der Waals surface area contributed by atoms with E-state index < -0.39 is 0 Å². The maximum absolute atomic E-state index is 5.52. The monoisotopic (exact) mass is 208 g/mol. The zero-order chi connectivity index (χ0) is 11.5. The van der Waals surface area contributed by atoms with Crippen molar-refractivity contribution in [2.24, 2.45) is 5.41 Å². The number of hydrogen-bond donors (Lipinski definition) is 2. The van der Waals surface area contributed by atoms with Gasteiger partial charge < -0.3 is 11.1 Å². The van der Waals surface area contributed by atoms with Gasteiger partial charge in [0, 0.05) is 18.3 Å². The first-order valence-electron chi connectivity index (χ1n) is 5.21. The van der Waals surface area contributed by atoms with Crippen molar-refractivity contribution in [3.05, 3.63) is 11.8 Å². The SMILES string of the molecule is Cc1cnc(N)nc1NCCC(C)(C)C. The summed E-state index contributed by atoms with van der Waals surface area (Å²) in [6.45, 7) is 9.53. The number of anilines is 2. The molecule has 0 saturated carbocycles. The lowest BCUT2D eigenvalue weighted by Crippen LogP contribution is -2.14. The number of aromatic nitrogens is 2. The largest absolute Gasteiger partial charge is 0.370 e. The van der Waals surface area contributed by atoms with Gasteiger partial charge >= 0.3 is 0 Å². The minimum atomic E-state index is 0.318. The van der Waals surface area contributed by atoms with Crippen LogP contribution in [0, 0.1) is 12.3 Å². The molecular formula is C11H20N4. The molecule has 15 heavy (non-hydrogen) atoms. The summed E-state index contributed by atoms with van der Waals surface area (Å²) < 4.78 is 0. The molecule has 0 atom stereocenters. The fourth-order valence-electron chi connectivity index (χ4n) is 1.19. The van der Waals surface area contributed by atoms with Crippen LogP contribution in [0.1, 0.15) is 32.8 Å². The Morgan fingerprint density at radius 2 is 2.07 bits per heavy atom. The molecule has 1 aromatic heterocycles. The summed E-state index contributed by atoms with van der Waals surface area (Å²) in [6, 6.07) is 0. The van der Waals surface area contributed by atoms with Gasteiger partial charge in [-0.25, -0.2) is 4.98 Å². The summed E-state index contributed by atoms with van der Waals surface area (Å²) in [6.07, 6.45) is 2.83. The second kappa shape index (κ2) is 4.47. The van der Waals surface area contributed by atoms with Gasteiger partial charge in [-0.3, -0.25) is 0 Å². The van der Waals surface area contributed by atoms with E-state index in [1.807, 2.05) is 6.92 Å². The molecular weight excluding hydrogens is 188 g/mol. The molecule has 0 aliphatic heterocycles. The first-order chi connectivity index (χ1) is 6.88. The maximum Gasteiger partial charge on any atom is 0.221 e. The van der Waals surface area contributed by atoms with Crippen molar-refractivity contribution in [2.45, 2.75) is 34.1 Å². The van der Waals surface area contributed by atoms with Crippen LogP contribution in [0.2, 0.25) is 0 Å². The van der Waals surface area contributed by atoms with Crippen LogP contribution in [0.3, 0.4) is 0 Å². The average molecular weight is 208 g/mol. The topological polar surface area (TPSA) is 63.8 Å². The number of hydrogen-bond acceptors (Lipinski definition) is 4. The fourth-order valence-corrected chi connectivity index (χ4v) is 1.19. The molecule has 1 heterocycles. The van der Waals surface area contributed by atoms with E-state index in [1.165, 1.54) is 0 Å². The Morgan fingerprint density at radius 1 is 1.40 bits per heavy atom. The number of rotatable bonds is 3. The average Bonchev–Trinajstić information content (AvgIpc) is 2.09. The highest BCUT2D eigenvalue weighted by Gasteiger charge is 2.09. The molecule has 4 nitrogen and oxygen atoms in total. The summed E-state index contributed by atoms with van der Waals surface area (Å²) in [5, 5.41) is 3.28. The maximum atomic E-state index is 5.52. The van der Waals surface area contributed by atoms with Gasteiger partial charge in [-0.05, 0) is 18.8 Å². The van der Waals surface area contributed by atoms with E-state index in [9.17, 15) is 0 Å². The third-order valence-corrected chi connectivity index (χ3v) is 2.16. The molecule has 0 bridgehead atoms. The van der Waals surface area contributed by atoms with Crippen molar-refractivity contribution in [3.8, 4) is 0 Å². The van der Waals surface area contributed by atoms with Crippen LogP contribution in [0.4, 0.5) is 11.8 Å². The van der Waals surface area contributed by atoms with Crippen LogP contribution in [0.25, 0.3) is 0 Å². The summed E-state index contributed by atoms with van der Waals surface area (Å²) >= 11 is 0. The first-order valence-corrected chi connectivity index (χ1v) is 5.21. The first kappa shape index (κ1) is 11.8. The van der Waals surface area contributed by atoms with Gasteiger partial charge in [-0.2, -0.15) is 4.98 Å². The van der Waals surface area contributed by atoms with E-state index >= 15 is 0 Å². The van der Waals surface area contributed by atoms with E-state index in [0.29, 0.717) is 11.4 Å². The lowest BCUT2D eigenvalue weighted by atomic mass is 9.92. The van der Waals surface area contributed by atoms with Crippen molar-refractivity contribution >= 4 is 11.8 Å². The molecule has 1 rings (SSSR count). The Kier molecular flexibility index (Phi) is 3.50. The van der Waals surface area contributed by atoms with Crippen LogP contribution < -0.4 is 11.1 Å². The lowest BCUT2D eigenvalue weighted by Gasteiger charge is -2.18. The second-order valence-electron chi connectivity index (χ2n) is 5.00. The van der Waals surface area contributed by atoms with Crippen molar-refractivity contribution in [2.75, 3.05) is 17.6 Å². The second-order valence-corrected chi connectivity index (χ2v) is 5.00. The summed E-state index contributed by atoms with van der Waals surface area (Å²) in [5.41, 5.74) is 6.88. The van der Waals surface area contributed by atoms with E-state index in [0.717, 1.165) is 24.3 Å². The van der Waals surface area contributed by atoms with Gasteiger partial charge in [0.1, 0.15) is 5.82 Å². The fraction of sp³-hybridized carbons (Fsp3) is 0.636. The van der Waals surface area contributed by atoms with Crippen LogP contribution in [0.5, 0.6) is 0 Å². The van der Waals surface area contributed by atoms with Gasteiger partial charge in [0.15, 0.2) is 0 Å². The van der Waals surface area contributed by atoms with Crippen molar-refractivity contribution < 1.29 is 0 Å². The van der Waals surface area contributed by atoms with E-state index in [4.69, 9.17) is 5.73 Å². The molecule has 1 aromatic rings. The molecule has 0 spiro atoms. The van der Waals surface area contributed by atoms with Gasteiger partial charge in [0.2, 0.25) is 5.95 Å². The number of aryl methyl sites for hydroxylation is 1. The van der Waals surface area contributed by atoms with Crippen molar-refractivity contribution in [3.63, 3.8) is 0 Å². The Hall–Kier alpha value is -1.32. The third kappa shape index (κ3) is 4.14. The molecule has 3 N–H and O–H groups in total. The zero-order valence-electron chi connectivity index (χ0n) is 9.96. The Labute approximate surface area is 91.3 Å². The molecule has 0 saturated heterocycles. The smallest absolute Gasteiger partial charge is 0.221 e. The van der Waals surface area contributed by atoms with Crippen molar-refractivity contribution in [1.29, 1.82) is 0 Å². The molecule has 84 valence electrons. The van der Waals surface area contributed by atoms with Gasteiger partial charge in [-0.1, -0.05) is 20.8 Å². The number of nitrogens with zero attached hydrogens (tertiary/aromatic N) is 2. The number of nitrogens with two attached hydrogens (primary N) is 1. The molecule has 4 heteroatoms. The molecule has 0 unspecified atom stereocenters. The van der Waals surface area contributed by atoms with Crippen LogP contribution in [-0.4, -0.2) is 16.5 Å². The Balaban J connectivity index is 2.54. The van der Waals surface area contributed by atoms with Crippen molar-refractivity contribution in [1.82, 2.24) is 9.97 Å². The van der Waals surface area contributed by atoms with E-state index in [1.54, 1.807) is 6.20 Å². The van der Waals surface area contributed by atoms with Crippen LogP contribution >= 0.6 is 0 Å². The van der Waals surface area contributed by atoms with Crippen LogP contribution in [-0.2, 0) is 0 Å². The lowest BCUT2D eigenvalue weighted by molar-refractivity contribution is 0.389. The Bertz CT molecular complexity index is 328. The van der Waals surface area contributed by atoms with Gasteiger partial charge in [0.25, 0.3) is 0 Å². The summed E-state index contributed by atoms with van der Waals surface area (Å²) in [5.74, 6) is 1.16. The van der Waals surface area contributed by atoms with E-state index in [2.05, 4.69) is 36.1 Å². The summed E-state index contributed by atoms with van der Waals surface area (Å²) in [7, 11) is 0. The van der Waals surface area contributed by atoms with E-state index in [-0.39, 0.29) is 0 Å². The third-order valence-electron chi connectivity index (χ3n) is 2.16. The molecule has 0 amide bonds. The standard InChI is InChI=1S/C11H20N4/c1-8-7-14-10(12)15-9(8)13-6-5-11(2,3)4/h7H,5-6H2,1-4H3,(H3,12,13,14,15). The molecule has 0 aromatic carbocycles. The molecule has 0 radical (unpaired) electrons. The molecule has 0 aliphatic rings. The quantitative estimate of drug-likeness (QED) is 0.799. The molecule has 0 fully saturated rings. The molecule has 0 aliphatic carbocycles. The van der Waals surface area contributed by atoms with Gasteiger partial charge in [-0.15, -0.1) is 0 Å². The predicted molar refractivity (Wildman–Crippen MR) is 63.7 cm³/mol. The summed E-state index contributed by atoms with van der Waals surface area (Å²) in [4.78, 5) is 8.07. The highest BCUT2D eigenvalue weighted by Crippen LogP contribution is 2.19. The number of nitrogens with one attached hydrogen (secondary N) is 1. The number of nitrogen functional groups attached to an aromatic ring is 1. The normalized spacial score (nSPS) is 11.5. The minimum Gasteiger partial charge on any atom is -0.370 e. The zero-order valence-corrected chi connectivity index (χ0v) is 9.96. The van der Waals surface area contributed by atoms with Gasteiger partial charge in [0.05, 0.1) is 0 Å². The minimum absolute atomic E-state index is 0.318. The van der Waals surface area contributed by atoms with Crippen LogP contribution in [0.15, 0.2) is 6.20 Å². The predicted octanol–water partition coefficient (Wildman–Crippen LogP) is 2.22. The Morgan fingerprint density at radius 3 is 2.67 bits per heavy atom. The highest BCUT2D eigenvalue weighted by molar-refractivity contribution is 5.44.